The van der Waals surface area contributed by atoms with Crippen LogP contribution in [0.25, 0.3) is 16.6 Å². The minimum Gasteiger partial charge on any atom is -0.332 e. The SMILES string of the molecule is CCc1ccccc1-n1c(C(C)N(CCc2ccccc2)C(=O)C(C)C)nc2ccccc2c1=O. The van der Waals surface area contributed by atoms with Gasteiger partial charge < -0.3 is 4.90 Å². The Balaban J connectivity index is 1.88. The molecule has 1 unspecified atom stereocenters. The van der Waals surface area contributed by atoms with Crippen LogP contribution in [-0.4, -0.2) is 26.9 Å². The van der Waals surface area contributed by atoms with E-state index in [1.165, 1.54) is 5.56 Å². The average molecular weight is 468 g/mol. The fourth-order valence-corrected chi connectivity index (χ4v) is 4.55. The average Bonchev–Trinajstić information content (AvgIpc) is 2.89. The molecule has 1 atom stereocenters. The van der Waals surface area contributed by atoms with Crippen molar-refractivity contribution >= 4 is 16.8 Å². The third kappa shape index (κ3) is 5.04. The molecule has 0 bridgehead atoms. The summed E-state index contributed by atoms with van der Waals surface area (Å²) in [6, 6.07) is 25.1. The van der Waals surface area contributed by atoms with Crippen molar-refractivity contribution in [1.82, 2.24) is 14.5 Å². The molecule has 4 aromatic rings. The number of nitrogens with zero attached hydrogens (tertiary/aromatic N) is 3. The Labute approximate surface area is 207 Å². The zero-order chi connectivity index (χ0) is 24.9. The molecule has 0 radical (unpaired) electrons. The predicted molar refractivity (Wildman–Crippen MR) is 142 cm³/mol. The van der Waals surface area contributed by atoms with Crippen molar-refractivity contribution in [2.75, 3.05) is 6.54 Å². The number of hydrogen-bond donors (Lipinski definition) is 0. The number of aryl methyl sites for hydroxylation is 1. The molecular weight excluding hydrogens is 434 g/mol. The lowest BCUT2D eigenvalue weighted by Crippen LogP contribution is -2.40. The Hall–Kier alpha value is -3.73. The number of hydrogen-bond acceptors (Lipinski definition) is 3. The van der Waals surface area contributed by atoms with Crippen molar-refractivity contribution in [3.8, 4) is 5.69 Å². The fourth-order valence-electron chi connectivity index (χ4n) is 4.55. The first-order chi connectivity index (χ1) is 16.9. The highest BCUT2D eigenvalue weighted by molar-refractivity contribution is 5.80. The van der Waals surface area contributed by atoms with Gasteiger partial charge in [-0.25, -0.2) is 4.98 Å². The first kappa shape index (κ1) is 24.4. The molecule has 3 aromatic carbocycles. The molecule has 0 saturated carbocycles. The van der Waals surface area contributed by atoms with E-state index in [9.17, 15) is 9.59 Å². The highest BCUT2D eigenvalue weighted by atomic mass is 16.2. The van der Waals surface area contributed by atoms with E-state index in [1.807, 2.05) is 92.4 Å². The molecular formula is C30H33N3O2. The zero-order valence-corrected chi connectivity index (χ0v) is 20.9. The molecule has 0 N–H and O–H groups in total. The smallest absolute Gasteiger partial charge is 0.266 e. The first-order valence-corrected chi connectivity index (χ1v) is 12.4. The summed E-state index contributed by atoms with van der Waals surface area (Å²) in [5, 5.41) is 0.570. The van der Waals surface area contributed by atoms with E-state index in [2.05, 4.69) is 19.1 Å². The molecule has 0 aliphatic carbocycles. The molecule has 1 heterocycles. The van der Waals surface area contributed by atoms with Crippen LogP contribution in [0, 0.1) is 5.92 Å². The quantitative estimate of drug-likeness (QED) is 0.332. The zero-order valence-electron chi connectivity index (χ0n) is 20.9. The van der Waals surface area contributed by atoms with Gasteiger partial charge in [0, 0.05) is 12.5 Å². The van der Waals surface area contributed by atoms with Crippen molar-refractivity contribution in [2.24, 2.45) is 5.92 Å². The van der Waals surface area contributed by atoms with Gasteiger partial charge in [-0.05, 0) is 49.1 Å². The summed E-state index contributed by atoms with van der Waals surface area (Å²) in [7, 11) is 0. The Kier molecular flexibility index (Phi) is 7.45. The van der Waals surface area contributed by atoms with Gasteiger partial charge in [0.15, 0.2) is 0 Å². The van der Waals surface area contributed by atoms with Gasteiger partial charge in [-0.2, -0.15) is 0 Å². The standard InChI is InChI=1S/C30H33N3O2/c1-5-24-15-9-12-18-27(24)33-28(31-26-17-11-10-16-25(26)30(33)35)22(4)32(29(34)21(2)3)20-19-23-13-7-6-8-14-23/h6-18,21-22H,5,19-20H2,1-4H3. The summed E-state index contributed by atoms with van der Waals surface area (Å²) in [5.41, 5.74) is 3.58. The number of amides is 1. The van der Waals surface area contributed by atoms with Crippen molar-refractivity contribution in [3.63, 3.8) is 0 Å². The number of benzene rings is 3. The van der Waals surface area contributed by atoms with Crippen molar-refractivity contribution in [1.29, 1.82) is 0 Å². The van der Waals surface area contributed by atoms with E-state index < -0.39 is 6.04 Å². The summed E-state index contributed by atoms with van der Waals surface area (Å²) >= 11 is 0. The van der Waals surface area contributed by atoms with E-state index in [0.717, 1.165) is 24.1 Å². The van der Waals surface area contributed by atoms with Gasteiger partial charge in [0.1, 0.15) is 5.82 Å². The lowest BCUT2D eigenvalue weighted by Gasteiger charge is -2.32. The van der Waals surface area contributed by atoms with Gasteiger partial charge in [-0.15, -0.1) is 0 Å². The lowest BCUT2D eigenvalue weighted by atomic mass is 10.1. The van der Waals surface area contributed by atoms with Gasteiger partial charge in [-0.1, -0.05) is 81.4 Å². The molecule has 0 aliphatic heterocycles. The predicted octanol–water partition coefficient (Wildman–Crippen LogP) is 5.74. The van der Waals surface area contributed by atoms with Crippen LogP contribution in [-0.2, 0) is 17.6 Å². The summed E-state index contributed by atoms with van der Waals surface area (Å²) in [6.45, 7) is 8.43. The highest BCUT2D eigenvalue weighted by Crippen LogP contribution is 2.26. The molecule has 35 heavy (non-hydrogen) atoms. The van der Waals surface area contributed by atoms with Crippen LogP contribution in [0.1, 0.15) is 50.7 Å². The second-order valence-electron chi connectivity index (χ2n) is 9.21. The molecule has 5 nitrogen and oxygen atoms in total. The second kappa shape index (κ2) is 10.7. The van der Waals surface area contributed by atoms with Crippen molar-refractivity contribution in [2.45, 2.75) is 46.6 Å². The van der Waals surface area contributed by atoms with Crippen LogP contribution in [0.2, 0.25) is 0 Å². The van der Waals surface area contributed by atoms with E-state index in [4.69, 9.17) is 4.98 Å². The molecule has 1 aromatic heterocycles. The maximum atomic E-state index is 13.8. The number of carbonyl (C=O) groups excluding carboxylic acids is 1. The van der Waals surface area contributed by atoms with Crippen molar-refractivity contribution < 1.29 is 4.79 Å². The summed E-state index contributed by atoms with van der Waals surface area (Å²) in [6.07, 6.45) is 1.51. The maximum Gasteiger partial charge on any atom is 0.266 e. The molecule has 0 saturated heterocycles. The molecule has 0 fully saturated rings. The van der Waals surface area contributed by atoms with Crippen molar-refractivity contribution in [3.05, 3.63) is 106 Å². The molecule has 5 heteroatoms. The third-order valence-electron chi connectivity index (χ3n) is 6.52. The molecule has 0 aliphatic rings. The highest BCUT2D eigenvalue weighted by Gasteiger charge is 2.28. The number of para-hydroxylation sites is 2. The molecule has 180 valence electrons. The lowest BCUT2D eigenvalue weighted by molar-refractivity contribution is -0.136. The maximum absolute atomic E-state index is 13.8. The second-order valence-corrected chi connectivity index (χ2v) is 9.21. The van der Waals surface area contributed by atoms with Gasteiger partial charge in [0.05, 0.1) is 22.6 Å². The van der Waals surface area contributed by atoms with Crippen LogP contribution >= 0.6 is 0 Å². The number of aromatic nitrogens is 2. The van der Waals surface area contributed by atoms with E-state index in [0.29, 0.717) is 23.3 Å². The molecule has 1 amide bonds. The molecule has 0 spiro atoms. The minimum absolute atomic E-state index is 0.0474. The number of fused-ring (bicyclic) bond motifs is 1. The third-order valence-corrected chi connectivity index (χ3v) is 6.52. The first-order valence-electron chi connectivity index (χ1n) is 12.4. The summed E-state index contributed by atoms with van der Waals surface area (Å²) < 4.78 is 1.72. The van der Waals surface area contributed by atoms with Gasteiger partial charge in [0.2, 0.25) is 5.91 Å². The molecule has 4 rings (SSSR count). The number of carbonyl (C=O) groups is 1. The largest absolute Gasteiger partial charge is 0.332 e. The van der Waals surface area contributed by atoms with Gasteiger partial charge in [-0.3, -0.25) is 14.2 Å². The van der Waals surface area contributed by atoms with E-state index >= 15 is 0 Å². The topological polar surface area (TPSA) is 55.2 Å². The Bertz CT molecular complexity index is 1380. The van der Waals surface area contributed by atoms with Crippen LogP contribution in [0.4, 0.5) is 0 Å². The summed E-state index contributed by atoms with van der Waals surface area (Å²) in [5.74, 6) is 0.458. The van der Waals surface area contributed by atoms with E-state index in [-0.39, 0.29) is 17.4 Å². The Morgan fingerprint density at radius 3 is 2.29 bits per heavy atom. The Morgan fingerprint density at radius 1 is 0.914 bits per heavy atom. The van der Waals surface area contributed by atoms with Crippen LogP contribution < -0.4 is 5.56 Å². The van der Waals surface area contributed by atoms with Gasteiger partial charge >= 0.3 is 0 Å². The minimum atomic E-state index is -0.393. The number of rotatable bonds is 8. The normalized spacial score (nSPS) is 12.1. The van der Waals surface area contributed by atoms with Crippen LogP contribution in [0.3, 0.4) is 0 Å². The van der Waals surface area contributed by atoms with Gasteiger partial charge in [0.25, 0.3) is 5.56 Å². The van der Waals surface area contributed by atoms with E-state index in [1.54, 1.807) is 4.57 Å². The Morgan fingerprint density at radius 2 is 1.57 bits per heavy atom. The summed E-state index contributed by atoms with van der Waals surface area (Å²) in [4.78, 5) is 34.1. The van der Waals surface area contributed by atoms with Crippen LogP contribution in [0.15, 0.2) is 83.7 Å². The van der Waals surface area contributed by atoms with Crippen LogP contribution in [0.5, 0.6) is 0 Å². The monoisotopic (exact) mass is 467 g/mol. The fraction of sp³-hybridized carbons (Fsp3) is 0.300.